The summed E-state index contributed by atoms with van der Waals surface area (Å²) in [6.07, 6.45) is 2.78. The molecule has 0 fully saturated rings. The van der Waals surface area contributed by atoms with Crippen LogP contribution in [0.3, 0.4) is 0 Å². The molecule has 0 unspecified atom stereocenters. The number of nitrogens with zero attached hydrogens (tertiary/aromatic N) is 4. The zero-order valence-corrected chi connectivity index (χ0v) is 17.4. The Balaban J connectivity index is 1.74. The number of ether oxygens (including phenoxy) is 1. The molecule has 0 aliphatic heterocycles. The predicted octanol–water partition coefficient (Wildman–Crippen LogP) is 4.19. The molecule has 0 radical (unpaired) electrons. The average molecular weight is 442 g/mol. The van der Waals surface area contributed by atoms with E-state index in [2.05, 4.69) is 20.5 Å². The lowest BCUT2D eigenvalue weighted by Crippen LogP contribution is -2.19. The van der Waals surface area contributed by atoms with Gasteiger partial charge in [-0.1, -0.05) is 23.7 Å². The number of hydrogen-bond donors (Lipinski definition) is 1. The van der Waals surface area contributed by atoms with Gasteiger partial charge >= 0.3 is 5.56 Å². The lowest BCUT2D eigenvalue weighted by atomic mass is 10.1. The number of benzene rings is 2. The van der Waals surface area contributed by atoms with Crippen molar-refractivity contribution >= 4 is 23.2 Å². The van der Waals surface area contributed by atoms with Gasteiger partial charge in [-0.25, -0.2) is 4.39 Å². The van der Waals surface area contributed by atoms with E-state index in [1.807, 2.05) is 25.1 Å². The smallest absolute Gasteiger partial charge is 0.316 e. The molecular weight excluding hydrogens is 425 g/mol. The first-order valence-electron chi connectivity index (χ1n) is 9.18. The second kappa shape index (κ2) is 8.57. The van der Waals surface area contributed by atoms with Gasteiger partial charge in [-0.3, -0.25) is 4.79 Å². The first-order valence-corrected chi connectivity index (χ1v) is 9.56. The number of hydrogen-bond acceptors (Lipinski definition) is 7. The summed E-state index contributed by atoms with van der Waals surface area (Å²) in [4.78, 5) is 16.4. The second-order valence-electron chi connectivity index (χ2n) is 6.71. The van der Waals surface area contributed by atoms with Gasteiger partial charge < -0.3 is 19.0 Å². The molecule has 0 atom stereocenters. The van der Waals surface area contributed by atoms with Crippen LogP contribution in [0.4, 0.5) is 16.0 Å². The van der Waals surface area contributed by atoms with Gasteiger partial charge in [0.15, 0.2) is 0 Å². The van der Waals surface area contributed by atoms with E-state index in [0.29, 0.717) is 17.1 Å². The minimum atomic E-state index is -0.524. The van der Waals surface area contributed by atoms with Crippen LogP contribution >= 0.6 is 11.6 Å². The lowest BCUT2D eigenvalue weighted by molar-refractivity contribution is 0.402. The monoisotopic (exact) mass is 441 g/mol. The van der Waals surface area contributed by atoms with Crippen LogP contribution in [0.25, 0.3) is 11.5 Å². The summed E-state index contributed by atoms with van der Waals surface area (Å²) in [7, 11) is 1.39. The Bertz CT molecular complexity index is 1290. The zero-order chi connectivity index (χ0) is 22.0. The number of anilines is 2. The van der Waals surface area contributed by atoms with Crippen molar-refractivity contribution < 1.29 is 13.5 Å². The number of aromatic nitrogens is 4. The Morgan fingerprint density at radius 1 is 1.26 bits per heavy atom. The maximum atomic E-state index is 13.5. The fourth-order valence-corrected chi connectivity index (χ4v) is 3.18. The number of halogens is 2. The lowest BCUT2D eigenvalue weighted by Gasteiger charge is -2.17. The molecule has 2 heterocycles. The van der Waals surface area contributed by atoms with Gasteiger partial charge in [-0.2, -0.15) is 4.98 Å². The van der Waals surface area contributed by atoms with E-state index in [4.69, 9.17) is 20.8 Å². The molecule has 10 heteroatoms. The third kappa shape index (κ3) is 4.41. The summed E-state index contributed by atoms with van der Waals surface area (Å²) >= 11 is 5.91. The fraction of sp³-hybridized carbons (Fsp3) is 0.143. The predicted molar refractivity (Wildman–Crippen MR) is 113 cm³/mol. The molecule has 2 aromatic carbocycles. The van der Waals surface area contributed by atoms with Crippen molar-refractivity contribution in [3.63, 3.8) is 0 Å². The van der Waals surface area contributed by atoms with Crippen LogP contribution in [0.1, 0.15) is 11.1 Å². The van der Waals surface area contributed by atoms with Crippen molar-refractivity contribution in [3.05, 3.63) is 81.3 Å². The molecule has 31 heavy (non-hydrogen) atoms. The highest BCUT2D eigenvalue weighted by Crippen LogP contribution is 2.27. The van der Waals surface area contributed by atoms with Gasteiger partial charge in [0.1, 0.15) is 5.82 Å². The summed E-state index contributed by atoms with van der Waals surface area (Å²) in [6.45, 7) is 2.18. The highest BCUT2D eigenvalue weighted by Gasteiger charge is 2.13. The minimum absolute atomic E-state index is 0.0103. The SMILES string of the molecule is COc1cn(Cc2ccc(F)c(Cl)c2)c(Nc2cc(-c3nnco3)ccc2C)nc1=O. The van der Waals surface area contributed by atoms with Crippen molar-refractivity contribution in [2.45, 2.75) is 13.5 Å². The van der Waals surface area contributed by atoms with Crippen LogP contribution < -0.4 is 15.6 Å². The minimum Gasteiger partial charge on any atom is -0.490 e. The van der Waals surface area contributed by atoms with Gasteiger partial charge in [-0.05, 0) is 42.3 Å². The Morgan fingerprint density at radius 2 is 2.10 bits per heavy atom. The summed E-state index contributed by atoms with van der Waals surface area (Å²) in [6, 6.07) is 9.97. The molecule has 0 amide bonds. The van der Waals surface area contributed by atoms with Crippen LogP contribution in [-0.2, 0) is 6.54 Å². The van der Waals surface area contributed by atoms with Gasteiger partial charge in [-0.15, -0.1) is 10.2 Å². The molecule has 0 aliphatic carbocycles. The highest BCUT2D eigenvalue weighted by molar-refractivity contribution is 6.30. The molecule has 4 rings (SSSR count). The molecule has 4 aromatic rings. The van der Waals surface area contributed by atoms with Crippen LogP contribution in [0.15, 0.2) is 58.2 Å². The molecule has 158 valence electrons. The van der Waals surface area contributed by atoms with Crippen LogP contribution in [0.2, 0.25) is 5.02 Å². The Hall–Kier alpha value is -3.72. The maximum Gasteiger partial charge on any atom is 0.316 e. The van der Waals surface area contributed by atoms with Crippen molar-refractivity contribution in [3.8, 4) is 17.2 Å². The quantitative estimate of drug-likeness (QED) is 0.479. The molecule has 0 saturated carbocycles. The highest BCUT2D eigenvalue weighted by atomic mass is 35.5. The number of aryl methyl sites for hydroxylation is 1. The standard InChI is InChI=1S/C21H17ClFN5O3/c1-12-3-5-14(20-27-24-11-31-20)8-17(12)25-21-26-19(29)18(30-2)10-28(21)9-13-4-6-16(23)15(22)7-13/h3-8,10-11H,9H2,1-2H3,(H,25,26,29). The first-order chi connectivity index (χ1) is 14.9. The summed E-state index contributed by atoms with van der Waals surface area (Å²) in [5.41, 5.74) is 2.50. The van der Waals surface area contributed by atoms with Gasteiger partial charge in [0.2, 0.25) is 24.0 Å². The fourth-order valence-electron chi connectivity index (χ4n) is 2.98. The van der Waals surface area contributed by atoms with Crippen LogP contribution in [0, 0.1) is 12.7 Å². The molecule has 8 nitrogen and oxygen atoms in total. The van der Waals surface area contributed by atoms with Crippen molar-refractivity contribution in [2.75, 3.05) is 12.4 Å². The number of rotatable bonds is 6. The Kier molecular flexibility index (Phi) is 5.68. The molecule has 0 aliphatic rings. The first kappa shape index (κ1) is 20.5. The normalized spacial score (nSPS) is 10.8. The topological polar surface area (TPSA) is 95.1 Å². The van der Waals surface area contributed by atoms with Gasteiger partial charge in [0, 0.05) is 11.3 Å². The van der Waals surface area contributed by atoms with Crippen molar-refractivity contribution in [2.24, 2.45) is 0 Å². The summed E-state index contributed by atoms with van der Waals surface area (Å²) in [5.74, 6) is 0.212. The van der Waals surface area contributed by atoms with Crippen LogP contribution in [-0.4, -0.2) is 26.9 Å². The third-order valence-electron chi connectivity index (χ3n) is 4.61. The van der Waals surface area contributed by atoms with Gasteiger partial charge in [0.05, 0.1) is 24.9 Å². The molecular formula is C21H17ClFN5O3. The largest absolute Gasteiger partial charge is 0.490 e. The average Bonchev–Trinajstić information content (AvgIpc) is 3.29. The van der Waals surface area contributed by atoms with E-state index in [0.717, 1.165) is 11.1 Å². The molecule has 0 saturated heterocycles. The van der Waals surface area contributed by atoms with Crippen LogP contribution in [0.5, 0.6) is 5.75 Å². The maximum absolute atomic E-state index is 13.5. The number of nitrogens with one attached hydrogen (secondary N) is 1. The van der Waals surface area contributed by atoms with Crippen molar-refractivity contribution in [1.29, 1.82) is 0 Å². The third-order valence-corrected chi connectivity index (χ3v) is 4.90. The van der Waals surface area contributed by atoms with E-state index < -0.39 is 11.4 Å². The van der Waals surface area contributed by atoms with Crippen molar-refractivity contribution in [1.82, 2.24) is 19.7 Å². The molecule has 0 bridgehead atoms. The van der Waals surface area contributed by atoms with E-state index in [-0.39, 0.29) is 23.3 Å². The van der Waals surface area contributed by atoms with E-state index in [9.17, 15) is 9.18 Å². The van der Waals surface area contributed by atoms with E-state index >= 15 is 0 Å². The molecule has 1 N–H and O–H groups in total. The Labute approximate surface area is 181 Å². The summed E-state index contributed by atoms with van der Waals surface area (Å²) < 4.78 is 25.6. The second-order valence-corrected chi connectivity index (χ2v) is 7.12. The van der Waals surface area contributed by atoms with E-state index in [1.54, 1.807) is 10.6 Å². The summed E-state index contributed by atoms with van der Waals surface area (Å²) in [5, 5.41) is 10.8. The zero-order valence-electron chi connectivity index (χ0n) is 16.6. The number of methoxy groups -OCH3 is 1. The molecule has 2 aromatic heterocycles. The van der Waals surface area contributed by atoms with Gasteiger partial charge in [0.25, 0.3) is 0 Å². The molecule has 0 spiro atoms. The Morgan fingerprint density at radius 3 is 2.81 bits per heavy atom. The van der Waals surface area contributed by atoms with E-state index in [1.165, 1.54) is 31.8 Å².